The van der Waals surface area contributed by atoms with Gasteiger partial charge in [0.1, 0.15) is 17.2 Å². The van der Waals surface area contributed by atoms with Crippen LogP contribution in [0.25, 0.3) is 21.8 Å². The van der Waals surface area contributed by atoms with Gasteiger partial charge in [0, 0.05) is 25.2 Å². The van der Waals surface area contributed by atoms with Gasteiger partial charge in [-0.25, -0.2) is 45.8 Å². The van der Waals surface area contributed by atoms with Crippen LogP contribution in [0, 0.1) is 26.0 Å². The van der Waals surface area contributed by atoms with Crippen molar-refractivity contribution in [2.45, 2.75) is 32.2 Å². The van der Waals surface area contributed by atoms with E-state index in [1.807, 2.05) is 0 Å². The number of carbonyl (C=O) groups excluding carboxylic acids is 1. The third-order valence-corrected chi connectivity index (χ3v) is 7.26. The summed E-state index contributed by atoms with van der Waals surface area (Å²) in [6, 6.07) is 3.31. The highest BCUT2D eigenvalue weighted by atomic mass is 32.2. The Morgan fingerprint density at radius 1 is 0.904 bits per heavy atom. The number of fused-ring (bicyclic) bond motifs is 2. The maximum absolute atomic E-state index is 13.5. The number of nitrogens with two attached hydrogens (primary N) is 1. The minimum absolute atomic E-state index is 0.0464. The predicted molar refractivity (Wildman–Crippen MR) is 181 cm³/mol. The zero-order chi connectivity index (χ0) is 39.5. The Morgan fingerprint density at radius 2 is 1.44 bits per heavy atom. The average Bonchev–Trinajstić information content (AvgIpc) is 2.98. The van der Waals surface area contributed by atoms with E-state index in [2.05, 4.69) is 20.6 Å². The summed E-state index contributed by atoms with van der Waals surface area (Å²) in [5.41, 5.74) is -6.96. The first-order valence-electron chi connectivity index (χ1n) is 14.0. The van der Waals surface area contributed by atoms with Crippen LogP contribution in [0.15, 0.2) is 43.4 Å². The lowest BCUT2D eigenvalue weighted by atomic mass is 10.2. The van der Waals surface area contributed by atoms with Crippen molar-refractivity contribution < 1.29 is 40.6 Å². The normalized spacial score (nSPS) is 11.7. The predicted octanol–water partition coefficient (Wildman–Crippen LogP) is -0.979. The van der Waals surface area contributed by atoms with E-state index in [4.69, 9.17) is 9.88 Å². The summed E-state index contributed by atoms with van der Waals surface area (Å²) < 4.78 is 63.8. The summed E-state index contributed by atoms with van der Waals surface area (Å²) in [4.78, 5) is 86.1. The van der Waals surface area contributed by atoms with Crippen LogP contribution in [0.3, 0.4) is 0 Å². The fraction of sp³-hybridized carbons (Fsp3) is 0.320. The van der Waals surface area contributed by atoms with Gasteiger partial charge in [-0.05, 0) is 32.9 Å². The van der Waals surface area contributed by atoms with E-state index >= 15 is 0 Å². The average molecular weight is 777 g/mol. The minimum Gasteiger partial charge on any atom is -0.444 e. The maximum atomic E-state index is 13.5. The lowest BCUT2D eigenvalue weighted by molar-refractivity contribution is -0.387. The minimum atomic E-state index is -4.18. The van der Waals surface area contributed by atoms with Gasteiger partial charge in [0.25, 0.3) is 16.8 Å². The molecule has 4 rings (SSSR count). The van der Waals surface area contributed by atoms with Crippen molar-refractivity contribution >= 4 is 65.0 Å². The van der Waals surface area contributed by atoms with Crippen LogP contribution in [0.1, 0.15) is 20.8 Å². The molecular weight excluding hydrogens is 747 g/mol. The molecule has 0 saturated heterocycles. The first-order valence-corrected chi connectivity index (χ1v) is 17.7. The van der Waals surface area contributed by atoms with Crippen molar-refractivity contribution in [3.05, 3.63) is 92.0 Å². The largest absolute Gasteiger partial charge is 0.444 e. The fourth-order valence-corrected chi connectivity index (χ4v) is 5.26. The SMILES string of the molecule is CC(C)(C)OC(=O)NCCNc1cc2c(=O)n(NS(C)(=O)=O)c(=O)[nH]c2cc1[N+](=O)[O-].NS(=O)(=O)Cn1c(=O)[nH]c2cc([N+](=O)[O-])c(F)cc2c1=O. The molecule has 0 spiro atoms. The molecule has 2 heterocycles. The monoisotopic (exact) mass is 776 g/mol. The summed E-state index contributed by atoms with van der Waals surface area (Å²) >= 11 is 0. The number of H-pyrrole nitrogens is 2. The number of sulfonamides is 2. The van der Waals surface area contributed by atoms with Gasteiger partial charge in [-0.3, -0.25) is 29.8 Å². The zero-order valence-electron chi connectivity index (χ0n) is 27.2. The smallest absolute Gasteiger partial charge is 0.407 e. The number of ether oxygens (including phenoxy) is 1. The molecule has 1 amide bonds. The molecule has 0 radical (unpaired) electrons. The van der Waals surface area contributed by atoms with Crippen molar-refractivity contribution in [3.63, 3.8) is 0 Å². The quantitative estimate of drug-likeness (QED) is 0.0640. The number of rotatable bonds is 10. The molecule has 0 unspecified atom stereocenters. The number of nitrogens with one attached hydrogen (secondary N) is 5. The number of aromatic amines is 2. The standard InChI is InChI=1S/C16H22N6O8S.C9H7FN4O6S/c1-16(2,3)30-15(25)18-6-5-17-11-7-9-10(8-12(11)22(26)27)19-14(24)21(13(9)23)20-31(4,28)29;10-5-1-4-6(2-7(5)14(17)18)12-9(16)13(8(4)15)3-21(11,19)20/h7-8,17,20H,5-6H2,1-4H3,(H,18,25)(H,19,24);1-2H,3H2,(H,12,16)(H2,11,19,20). The van der Waals surface area contributed by atoms with Crippen LogP contribution in [0.5, 0.6) is 0 Å². The van der Waals surface area contributed by atoms with E-state index in [1.165, 1.54) is 0 Å². The van der Waals surface area contributed by atoms with Crippen molar-refractivity contribution in [1.82, 2.24) is 24.5 Å². The van der Waals surface area contributed by atoms with Gasteiger partial charge < -0.3 is 25.3 Å². The van der Waals surface area contributed by atoms with Crippen LogP contribution in [-0.2, 0) is 30.7 Å². The Kier molecular flexibility index (Phi) is 11.6. The highest BCUT2D eigenvalue weighted by Gasteiger charge is 2.21. The molecule has 0 bridgehead atoms. The molecule has 0 fully saturated rings. The summed E-state index contributed by atoms with van der Waals surface area (Å²) in [5, 5.41) is 31.3. The molecule has 52 heavy (non-hydrogen) atoms. The van der Waals surface area contributed by atoms with Crippen molar-refractivity contribution in [2.24, 2.45) is 5.14 Å². The Morgan fingerprint density at radius 3 is 1.96 bits per heavy atom. The Labute approximate surface area is 288 Å². The second kappa shape index (κ2) is 14.9. The second-order valence-corrected chi connectivity index (χ2v) is 14.8. The number of benzene rings is 2. The number of hydrogen-bond donors (Lipinski definition) is 6. The molecule has 282 valence electrons. The summed E-state index contributed by atoms with van der Waals surface area (Å²) in [5.74, 6) is -2.39. The molecule has 2 aromatic heterocycles. The number of anilines is 1. The van der Waals surface area contributed by atoms with Crippen LogP contribution in [-0.4, -0.2) is 76.9 Å². The molecule has 0 aliphatic heterocycles. The van der Waals surface area contributed by atoms with E-state index in [9.17, 15) is 65.4 Å². The number of nitro benzene ring substituents is 2. The van der Waals surface area contributed by atoms with Gasteiger partial charge in [-0.1, -0.05) is 0 Å². The zero-order valence-corrected chi connectivity index (χ0v) is 28.8. The van der Waals surface area contributed by atoms with Gasteiger partial charge in [-0.2, -0.15) is 9.07 Å². The highest BCUT2D eigenvalue weighted by molar-refractivity contribution is 7.91. The fourth-order valence-electron chi connectivity index (χ4n) is 4.17. The number of halogens is 1. The second-order valence-electron chi connectivity index (χ2n) is 11.5. The van der Waals surface area contributed by atoms with Crippen LogP contribution >= 0.6 is 0 Å². The van der Waals surface area contributed by atoms with Gasteiger partial charge >= 0.3 is 23.2 Å². The van der Waals surface area contributed by atoms with Crippen molar-refractivity contribution in [2.75, 3.05) is 29.5 Å². The van der Waals surface area contributed by atoms with Crippen LogP contribution in [0.4, 0.5) is 26.2 Å². The summed E-state index contributed by atoms with van der Waals surface area (Å²) in [6.45, 7) is 5.18. The topological polar surface area (TPSA) is 353 Å². The van der Waals surface area contributed by atoms with E-state index < -0.39 is 92.5 Å². The third kappa shape index (κ3) is 10.4. The molecule has 7 N–H and O–H groups in total. The van der Waals surface area contributed by atoms with Gasteiger partial charge in [-0.15, -0.1) is 0 Å². The molecule has 0 aliphatic rings. The van der Waals surface area contributed by atoms with Gasteiger partial charge in [0.2, 0.25) is 25.9 Å². The molecule has 24 nitrogen and oxygen atoms in total. The van der Waals surface area contributed by atoms with E-state index in [1.54, 1.807) is 25.6 Å². The third-order valence-electron chi connectivity index (χ3n) is 6.13. The Hall–Kier alpha value is -6.22. The maximum Gasteiger partial charge on any atom is 0.407 e. The number of nitro groups is 2. The Bertz CT molecular complexity index is 2570. The number of aromatic nitrogens is 4. The first-order chi connectivity index (χ1) is 23.8. The van der Waals surface area contributed by atoms with Crippen molar-refractivity contribution in [3.8, 4) is 0 Å². The molecule has 2 aromatic carbocycles. The number of alkyl carbamates (subject to hydrolysis) is 1. The number of primary sulfonamides is 1. The lowest BCUT2D eigenvalue weighted by Crippen LogP contribution is -2.43. The molecule has 0 atom stereocenters. The van der Waals surface area contributed by atoms with Crippen LogP contribution in [0.2, 0.25) is 0 Å². The number of carbonyl (C=O) groups is 1. The van der Waals surface area contributed by atoms with Gasteiger partial charge in [0.05, 0.1) is 37.9 Å². The molecular formula is C25H29FN10O14S2. The highest BCUT2D eigenvalue weighted by Crippen LogP contribution is 2.27. The van der Waals surface area contributed by atoms with Crippen LogP contribution < -0.4 is 43.1 Å². The molecule has 0 saturated carbocycles. The number of nitrogens with zero attached hydrogens (tertiary/aromatic N) is 4. The molecule has 0 aliphatic carbocycles. The molecule has 27 heteroatoms. The number of hydrogen-bond acceptors (Lipinski definition) is 15. The van der Waals surface area contributed by atoms with Gasteiger partial charge in [0.15, 0.2) is 0 Å². The Balaban J connectivity index is 0.000000302. The summed E-state index contributed by atoms with van der Waals surface area (Å²) in [7, 11) is -8.13. The number of amides is 1. The van der Waals surface area contributed by atoms with Crippen molar-refractivity contribution in [1.29, 1.82) is 0 Å². The summed E-state index contributed by atoms with van der Waals surface area (Å²) in [6.07, 6.45) is 0.0819. The first kappa shape index (κ1) is 40.2. The van der Waals surface area contributed by atoms with E-state index in [0.29, 0.717) is 12.1 Å². The van der Waals surface area contributed by atoms with E-state index in [0.717, 1.165) is 18.4 Å². The van der Waals surface area contributed by atoms with E-state index in [-0.39, 0.29) is 44.4 Å². The molecule has 4 aromatic rings. The lowest BCUT2D eigenvalue weighted by Gasteiger charge is -2.19.